The Morgan fingerprint density at radius 1 is 0.857 bits per heavy atom. The first-order valence-electron chi connectivity index (χ1n) is 8.54. The van der Waals surface area contributed by atoms with E-state index in [4.69, 9.17) is 9.47 Å². The molecule has 21 heavy (non-hydrogen) atoms. The van der Waals surface area contributed by atoms with E-state index in [9.17, 15) is 5.11 Å². The number of rotatable bonds is 4. The quantitative estimate of drug-likeness (QED) is 0.822. The van der Waals surface area contributed by atoms with Gasteiger partial charge >= 0.3 is 0 Å². The highest BCUT2D eigenvalue weighted by molar-refractivity contribution is 4.89. The van der Waals surface area contributed by atoms with Crippen LogP contribution in [0.2, 0.25) is 0 Å². The number of piperidine rings is 1. The highest BCUT2D eigenvalue weighted by Crippen LogP contribution is 2.39. The number of morpholine rings is 1. The van der Waals surface area contributed by atoms with Crippen molar-refractivity contribution in [2.45, 2.75) is 31.8 Å². The molecule has 3 saturated heterocycles. The van der Waals surface area contributed by atoms with Crippen molar-refractivity contribution < 1.29 is 14.6 Å². The zero-order valence-electron chi connectivity index (χ0n) is 13.1. The number of hydrogen-bond acceptors (Lipinski definition) is 5. The number of likely N-dealkylation sites (tertiary alicyclic amines) is 1. The molecule has 1 N–H and O–H groups in total. The molecule has 3 aliphatic rings. The van der Waals surface area contributed by atoms with Crippen LogP contribution in [0.25, 0.3) is 0 Å². The Kier molecular flexibility index (Phi) is 5.51. The van der Waals surface area contributed by atoms with Crippen LogP contribution >= 0.6 is 0 Å². The van der Waals surface area contributed by atoms with E-state index in [0.29, 0.717) is 5.41 Å². The summed E-state index contributed by atoms with van der Waals surface area (Å²) in [7, 11) is 0. The van der Waals surface area contributed by atoms with Crippen molar-refractivity contribution in [3.05, 3.63) is 0 Å². The van der Waals surface area contributed by atoms with E-state index in [-0.39, 0.29) is 6.10 Å². The number of aliphatic hydroxyl groups is 1. The van der Waals surface area contributed by atoms with Gasteiger partial charge in [0.15, 0.2) is 0 Å². The minimum Gasteiger partial charge on any atom is -0.390 e. The van der Waals surface area contributed by atoms with E-state index in [1.165, 1.54) is 25.7 Å². The van der Waals surface area contributed by atoms with Gasteiger partial charge in [0.2, 0.25) is 0 Å². The smallest absolute Gasteiger partial charge is 0.0793 e. The Morgan fingerprint density at radius 2 is 1.52 bits per heavy atom. The molecule has 5 nitrogen and oxygen atoms in total. The fourth-order valence-corrected chi connectivity index (χ4v) is 4.12. The molecule has 5 heteroatoms. The number of hydrogen-bond donors (Lipinski definition) is 1. The van der Waals surface area contributed by atoms with Gasteiger partial charge in [0.25, 0.3) is 0 Å². The molecule has 1 spiro atoms. The summed E-state index contributed by atoms with van der Waals surface area (Å²) in [4.78, 5) is 4.81. The van der Waals surface area contributed by atoms with Crippen LogP contribution in [0.5, 0.6) is 0 Å². The second-order valence-electron chi connectivity index (χ2n) is 7.02. The summed E-state index contributed by atoms with van der Waals surface area (Å²) in [6.07, 6.45) is 4.76. The lowest BCUT2D eigenvalue weighted by Gasteiger charge is -2.45. The maximum absolute atomic E-state index is 10.4. The summed E-state index contributed by atoms with van der Waals surface area (Å²) in [6, 6.07) is 0. The molecule has 3 heterocycles. The second kappa shape index (κ2) is 7.38. The number of nitrogens with zero attached hydrogens (tertiary/aromatic N) is 2. The molecule has 122 valence electrons. The van der Waals surface area contributed by atoms with Crippen LogP contribution in [-0.4, -0.2) is 86.7 Å². The van der Waals surface area contributed by atoms with Crippen LogP contribution < -0.4 is 0 Å². The number of aliphatic hydroxyl groups excluding tert-OH is 1. The molecule has 0 aliphatic carbocycles. The summed E-state index contributed by atoms with van der Waals surface area (Å²) in [5.41, 5.74) is 0.467. The maximum Gasteiger partial charge on any atom is 0.0793 e. The first-order chi connectivity index (χ1) is 10.3. The van der Waals surface area contributed by atoms with E-state index in [1.807, 2.05) is 0 Å². The van der Waals surface area contributed by atoms with Crippen molar-refractivity contribution in [2.24, 2.45) is 5.41 Å². The van der Waals surface area contributed by atoms with Crippen molar-refractivity contribution in [1.29, 1.82) is 0 Å². The topological polar surface area (TPSA) is 45.2 Å². The zero-order chi connectivity index (χ0) is 14.5. The average Bonchev–Trinajstić information content (AvgIpc) is 2.49. The highest BCUT2D eigenvalue weighted by atomic mass is 16.5. The molecule has 1 unspecified atom stereocenters. The van der Waals surface area contributed by atoms with Gasteiger partial charge in [-0.1, -0.05) is 0 Å². The second-order valence-corrected chi connectivity index (χ2v) is 7.02. The van der Waals surface area contributed by atoms with E-state index < -0.39 is 0 Å². The van der Waals surface area contributed by atoms with Gasteiger partial charge in [-0.15, -0.1) is 0 Å². The third-order valence-electron chi connectivity index (χ3n) is 5.34. The average molecular weight is 298 g/mol. The zero-order valence-corrected chi connectivity index (χ0v) is 13.1. The highest BCUT2D eigenvalue weighted by Gasteiger charge is 2.37. The van der Waals surface area contributed by atoms with Crippen LogP contribution in [0, 0.1) is 5.41 Å². The molecular formula is C16H30N2O3. The Hall–Kier alpha value is -0.200. The normalized spacial score (nSPS) is 29.6. The van der Waals surface area contributed by atoms with Gasteiger partial charge in [-0.3, -0.25) is 4.90 Å². The summed E-state index contributed by atoms with van der Waals surface area (Å²) in [5, 5.41) is 10.4. The lowest BCUT2D eigenvalue weighted by atomic mass is 9.74. The summed E-state index contributed by atoms with van der Waals surface area (Å²) < 4.78 is 10.9. The molecule has 0 radical (unpaired) electrons. The van der Waals surface area contributed by atoms with Crippen molar-refractivity contribution in [3.63, 3.8) is 0 Å². The monoisotopic (exact) mass is 298 g/mol. The van der Waals surface area contributed by atoms with Gasteiger partial charge in [-0.25, -0.2) is 0 Å². The molecule has 0 aromatic rings. The van der Waals surface area contributed by atoms with Gasteiger partial charge in [0, 0.05) is 45.9 Å². The predicted octanol–water partition coefficient (Wildman–Crippen LogP) is 0.572. The largest absolute Gasteiger partial charge is 0.390 e. The van der Waals surface area contributed by atoms with E-state index >= 15 is 0 Å². The van der Waals surface area contributed by atoms with E-state index in [1.54, 1.807) is 0 Å². The lowest BCUT2D eigenvalue weighted by molar-refractivity contribution is -0.0411. The van der Waals surface area contributed by atoms with Crippen LogP contribution in [-0.2, 0) is 9.47 Å². The van der Waals surface area contributed by atoms with Crippen molar-refractivity contribution in [1.82, 2.24) is 9.80 Å². The van der Waals surface area contributed by atoms with Crippen LogP contribution in [0.4, 0.5) is 0 Å². The molecular weight excluding hydrogens is 268 g/mol. The van der Waals surface area contributed by atoms with Gasteiger partial charge in [-0.05, 0) is 37.6 Å². The molecule has 0 saturated carbocycles. The number of ether oxygens (including phenoxy) is 2. The molecule has 0 bridgehead atoms. The van der Waals surface area contributed by atoms with Crippen molar-refractivity contribution >= 4 is 0 Å². The van der Waals surface area contributed by atoms with Crippen LogP contribution in [0.1, 0.15) is 25.7 Å². The fraction of sp³-hybridized carbons (Fsp3) is 1.00. The maximum atomic E-state index is 10.4. The number of β-amino-alcohol motifs (C(OH)–C–C–N with tert-alkyl or cyclic N) is 1. The minimum atomic E-state index is -0.238. The van der Waals surface area contributed by atoms with E-state index in [0.717, 1.165) is 65.7 Å². The molecule has 3 fully saturated rings. The summed E-state index contributed by atoms with van der Waals surface area (Å²) >= 11 is 0. The van der Waals surface area contributed by atoms with Crippen molar-refractivity contribution in [3.8, 4) is 0 Å². The van der Waals surface area contributed by atoms with Crippen LogP contribution in [0.15, 0.2) is 0 Å². The third kappa shape index (κ3) is 4.39. The van der Waals surface area contributed by atoms with E-state index in [2.05, 4.69) is 9.80 Å². The first-order valence-corrected chi connectivity index (χ1v) is 8.54. The minimum absolute atomic E-state index is 0.238. The standard InChI is InChI=1S/C16H30N2O3/c19-15(12-17-6-10-21-11-7-17)13-18-5-1-2-16(14-18)3-8-20-9-4-16/h15,19H,1-14H2. The fourth-order valence-electron chi connectivity index (χ4n) is 4.12. The predicted molar refractivity (Wildman–Crippen MR) is 81.4 cm³/mol. The molecule has 3 rings (SSSR count). The molecule has 1 atom stereocenters. The van der Waals surface area contributed by atoms with Gasteiger partial charge < -0.3 is 19.5 Å². The molecule has 0 amide bonds. The van der Waals surface area contributed by atoms with Gasteiger partial charge in [-0.2, -0.15) is 0 Å². The summed E-state index contributed by atoms with van der Waals surface area (Å²) in [5.74, 6) is 0. The van der Waals surface area contributed by atoms with Gasteiger partial charge in [0.05, 0.1) is 19.3 Å². The van der Waals surface area contributed by atoms with Crippen molar-refractivity contribution in [2.75, 3.05) is 65.7 Å². The Labute approximate surface area is 128 Å². The SMILES string of the molecule is OC(CN1CCOCC1)CN1CCCC2(CCOCC2)C1. The molecule has 0 aromatic carbocycles. The lowest BCUT2D eigenvalue weighted by Crippen LogP contribution is -2.50. The Bertz CT molecular complexity index is 309. The molecule has 0 aromatic heterocycles. The molecule has 3 aliphatic heterocycles. The Morgan fingerprint density at radius 3 is 2.29 bits per heavy atom. The van der Waals surface area contributed by atoms with Gasteiger partial charge in [0.1, 0.15) is 0 Å². The Balaban J connectivity index is 1.45. The summed E-state index contributed by atoms with van der Waals surface area (Å²) in [6.45, 7) is 9.26. The third-order valence-corrected chi connectivity index (χ3v) is 5.34. The van der Waals surface area contributed by atoms with Crippen LogP contribution in [0.3, 0.4) is 0 Å². The first kappa shape index (κ1) is 15.7.